The Morgan fingerprint density at radius 2 is 1.48 bits per heavy atom. The molecule has 0 bridgehead atoms. The van der Waals surface area contributed by atoms with Gasteiger partial charge >= 0.3 is 0 Å². The second kappa shape index (κ2) is 10.6. The van der Waals surface area contributed by atoms with E-state index >= 15 is 0 Å². The number of carbonyl (C=O) groups excluding carboxylic acids is 2. The van der Waals surface area contributed by atoms with E-state index in [1.54, 1.807) is 5.38 Å². The van der Waals surface area contributed by atoms with Gasteiger partial charge in [0.15, 0.2) is 0 Å². The fraction of sp³-hybridized carbons (Fsp3) is 0.346. The highest BCUT2D eigenvalue weighted by Crippen LogP contribution is 2.21. The van der Waals surface area contributed by atoms with Crippen molar-refractivity contribution in [1.29, 1.82) is 0 Å². The number of hydrogen-bond donors (Lipinski definition) is 2. The van der Waals surface area contributed by atoms with Gasteiger partial charge in [-0.25, -0.2) is 4.98 Å². The van der Waals surface area contributed by atoms with Gasteiger partial charge in [-0.05, 0) is 51.0 Å². The number of amides is 2. The zero-order valence-corrected chi connectivity index (χ0v) is 19.8. The summed E-state index contributed by atoms with van der Waals surface area (Å²) in [5.41, 5.74) is 3.30. The summed E-state index contributed by atoms with van der Waals surface area (Å²) in [6.07, 6.45) is 3.73. The standard InChI is InChI=1S/C26H29N3O3S/c1-17-7-11-19(12-8-17)25(30)28-21-5-3-4-6-22(21)29-26(31)23-16-33-24(27-23)15-32-20-13-9-18(2)10-14-20/h7-14,16,21-22H,3-6,15H2,1-2H3,(H,28,30)(H,29,31)/t21-,22-/m0/s1. The molecule has 0 aliphatic heterocycles. The summed E-state index contributed by atoms with van der Waals surface area (Å²) in [7, 11) is 0. The highest BCUT2D eigenvalue weighted by Gasteiger charge is 2.29. The van der Waals surface area contributed by atoms with Crippen LogP contribution in [-0.4, -0.2) is 28.9 Å². The molecular formula is C26H29N3O3S. The average Bonchev–Trinajstić information content (AvgIpc) is 3.30. The van der Waals surface area contributed by atoms with E-state index in [0.29, 0.717) is 17.9 Å². The van der Waals surface area contributed by atoms with Crippen LogP contribution in [-0.2, 0) is 6.61 Å². The van der Waals surface area contributed by atoms with Gasteiger partial charge in [0, 0.05) is 23.0 Å². The van der Waals surface area contributed by atoms with Crippen molar-refractivity contribution in [3.63, 3.8) is 0 Å². The molecular weight excluding hydrogens is 434 g/mol. The number of rotatable bonds is 7. The largest absolute Gasteiger partial charge is 0.486 e. The molecule has 33 heavy (non-hydrogen) atoms. The molecule has 6 nitrogen and oxygen atoms in total. The van der Waals surface area contributed by atoms with Crippen LogP contribution in [0.25, 0.3) is 0 Å². The normalized spacial score (nSPS) is 17.9. The van der Waals surface area contributed by atoms with E-state index in [1.807, 2.05) is 62.4 Å². The number of carbonyl (C=O) groups is 2. The van der Waals surface area contributed by atoms with Crippen LogP contribution in [0.5, 0.6) is 5.75 Å². The molecule has 0 spiro atoms. The second-order valence-corrected chi connectivity index (χ2v) is 9.48. The summed E-state index contributed by atoms with van der Waals surface area (Å²) >= 11 is 1.41. The highest BCUT2D eigenvalue weighted by molar-refractivity contribution is 7.09. The number of ether oxygens (including phenoxy) is 1. The molecule has 0 saturated heterocycles. The van der Waals surface area contributed by atoms with Crippen molar-refractivity contribution in [3.05, 3.63) is 81.3 Å². The number of hydrogen-bond acceptors (Lipinski definition) is 5. The zero-order chi connectivity index (χ0) is 23.2. The summed E-state index contributed by atoms with van der Waals surface area (Å²) in [6.45, 7) is 4.34. The topological polar surface area (TPSA) is 80.3 Å². The lowest BCUT2D eigenvalue weighted by molar-refractivity contribution is 0.0860. The fourth-order valence-corrected chi connectivity index (χ4v) is 4.62. The van der Waals surface area contributed by atoms with Gasteiger partial charge in [-0.3, -0.25) is 9.59 Å². The van der Waals surface area contributed by atoms with E-state index in [4.69, 9.17) is 4.74 Å². The Labute approximate surface area is 198 Å². The lowest BCUT2D eigenvalue weighted by atomic mass is 9.90. The quantitative estimate of drug-likeness (QED) is 0.527. The molecule has 172 valence electrons. The fourth-order valence-electron chi connectivity index (χ4n) is 3.94. The lowest BCUT2D eigenvalue weighted by Gasteiger charge is -2.32. The first-order valence-corrected chi connectivity index (χ1v) is 12.2. The molecule has 1 heterocycles. The molecule has 1 aliphatic rings. The molecule has 1 aromatic heterocycles. The van der Waals surface area contributed by atoms with E-state index < -0.39 is 0 Å². The number of thiazole rings is 1. The minimum Gasteiger partial charge on any atom is -0.486 e. The van der Waals surface area contributed by atoms with Gasteiger partial charge in [-0.15, -0.1) is 11.3 Å². The van der Waals surface area contributed by atoms with Crippen molar-refractivity contribution in [3.8, 4) is 5.75 Å². The SMILES string of the molecule is Cc1ccc(OCc2nc(C(=O)N[C@H]3CCCC[C@@H]3NC(=O)c3ccc(C)cc3)cs2)cc1. The molecule has 2 atom stereocenters. The van der Waals surface area contributed by atoms with Crippen molar-refractivity contribution in [2.45, 2.75) is 58.2 Å². The van der Waals surface area contributed by atoms with Gasteiger partial charge in [-0.2, -0.15) is 0 Å². The first-order valence-electron chi connectivity index (χ1n) is 11.3. The summed E-state index contributed by atoms with van der Waals surface area (Å²) in [5.74, 6) is 0.454. The van der Waals surface area contributed by atoms with Gasteiger partial charge < -0.3 is 15.4 Å². The Hall–Kier alpha value is -3.19. The van der Waals surface area contributed by atoms with Crippen LogP contribution >= 0.6 is 11.3 Å². The second-order valence-electron chi connectivity index (χ2n) is 8.54. The van der Waals surface area contributed by atoms with Gasteiger partial charge in [-0.1, -0.05) is 48.2 Å². The van der Waals surface area contributed by atoms with Crippen molar-refractivity contribution >= 4 is 23.2 Å². The molecule has 4 rings (SSSR count). The Kier molecular flexibility index (Phi) is 7.40. The third-order valence-electron chi connectivity index (χ3n) is 5.88. The predicted octanol–water partition coefficient (Wildman–Crippen LogP) is 4.81. The van der Waals surface area contributed by atoms with Gasteiger partial charge in [0.2, 0.25) is 0 Å². The van der Waals surface area contributed by atoms with Crippen LogP contribution in [0.3, 0.4) is 0 Å². The Morgan fingerprint density at radius 3 is 2.12 bits per heavy atom. The summed E-state index contributed by atoms with van der Waals surface area (Å²) in [6, 6.07) is 15.1. The van der Waals surface area contributed by atoms with Crippen LogP contribution in [0.15, 0.2) is 53.9 Å². The van der Waals surface area contributed by atoms with Crippen LogP contribution in [0.1, 0.15) is 62.7 Å². The Bertz CT molecular complexity index is 1090. The van der Waals surface area contributed by atoms with Crippen molar-refractivity contribution in [1.82, 2.24) is 15.6 Å². The third-order valence-corrected chi connectivity index (χ3v) is 6.70. The smallest absolute Gasteiger partial charge is 0.271 e. The van der Waals surface area contributed by atoms with E-state index in [0.717, 1.165) is 42.0 Å². The number of nitrogens with zero attached hydrogens (tertiary/aromatic N) is 1. The van der Waals surface area contributed by atoms with Gasteiger partial charge in [0.05, 0.1) is 0 Å². The van der Waals surface area contributed by atoms with Crippen molar-refractivity contribution < 1.29 is 14.3 Å². The Morgan fingerprint density at radius 1 is 0.909 bits per heavy atom. The summed E-state index contributed by atoms with van der Waals surface area (Å²) in [5, 5.41) is 8.71. The maximum atomic E-state index is 12.9. The van der Waals surface area contributed by atoms with E-state index in [1.165, 1.54) is 16.9 Å². The number of nitrogens with one attached hydrogen (secondary N) is 2. The van der Waals surface area contributed by atoms with E-state index in [9.17, 15) is 9.59 Å². The molecule has 7 heteroatoms. The molecule has 1 fully saturated rings. The van der Waals surface area contributed by atoms with E-state index in [-0.39, 0.29) is 23.9 Å². The van der Waals surface area contributed by atoms with Crippen molar-refractivity contribution in [2.24, 2.45) is 0 Å². The molecule has 2 N–H and O–H groups in total. The van der Waals surface area contributed by atoms with Gasteiger partial charge in [0.25, 0.3) is 11.8 Å². The number of aryl methyl sites for hydroxylation is 2. The maximum absolute atomic E-state index is 12.9. The van der Waals surface area contributed by atoms with Gasteiger partial charge in [0.1, 0.15) is 23.1 Å². The van der Waals surface area contributed by atoms with Crippen LogP contribution in [0.2, 0.25) is 0 Å². The molecule has 2 aromatic carbocycles. The number of benzene rings is 2. The minimum absolute atomic E-state index is 0.0977. The molecule has 0 unspecified atom stereocenters. The maximum Gasteiger partial charge on any atom is 0.271 e. The minimum atomic E-state index is -0.214. The molecule has 1 saturated carbocycles. The molecule has 0 radical (unpaired) electrons. The third kappa shape index (κ3) is 6.20. The summed E-state index contributed by atoms with van der Waals surface area (Å²) < 4.78 is 5.77. The molecule has 1 aliphatic carbocycles. The number of aromatic nitrogens is 1. The average molecular weight is 464 g/mol. The van der Waals surface area contributed by atoms with Crippen LogP contribution in [0.4, 0.5) is 0 Å². The monoisotopic (exact) mass is 463 g/mol. The lowest BCUT2D eigenvalue weighted by Crippen LogP contribution is -2.53. The van der Waals surface area contributed by atoms with E-state index in [2.05, 4.69) is 15.6 Å². The molecule has 2 amide bonds. The summed E-state index contributed by atoms with van der Waals surface area (Å²) in [4.78, 5) is 30.0. The van der Waals surface area contributed by atoms with Crippen molar-refractivity contribution in [2.75, 3.05) is 0 Å². The highest BCUT2D eigenvalue weighted by atomic mass is 32.1. The van der Waals surface area contributed by atoms with Crippen LogP contribution in [0, 0.1) is 13.8 Å². The Balaban J connectivity index is 1.33. The predicted molar refractivity (Wildman–Crippen MR) is 130 cm³/mol. The molecule has 3 aromatic rings. The first-order chi connectivity index (χ1) is 16.0. The van der Waals surface area contributed by atoms with Crippen LogP contribution < -0.4 is 15.4 Å². The zero-order valence-electron chi connectivity index (χ0n) is 19.0. The first kappa shape index (κ1) is 23.0.